The number of nitrogens with zero attached hydrogens (tertiary/aromatic N) is 2. The fourth-order valence-corrected chi connectivity index (χ4v) is 3.52. The molecule has 3 rings (SSSR count). The standard InChI is InChI=1S/C16H19ClF2N2O/c17-13-8-11(3-4-14(13)19)9-21-7-5-15(16(21)22)20-6-1-2-12(18)10-20/h3-4,8,12,15H,1-2,5-7,9-10H2. The minimum atomic E-state index is -0.827. The quantitative estimate of drug-likeness (QED) is 0.851. The normalized spacial score (nSPS) is 26.7. The van der Waals surface area contributed by atoms with Crippen molar-refractivity contribution in [3.8, 4) is 0 Å². The molecule has 1 aromatic carbocycles. The molecule has 2 atom stereocenters. The first-order chi connectivity index (χ1) is 10.5. The largest absolute Gasteiger partial charge is 0.337 e. The van der Waals surface area contributed by atoms with Gasteiger partial charge in [-0.25, -0.2) is 8.78 Å². The van der Waals surface area contributed by atoms with Gasteiger partial charge < -0.3 is 4.90 Å². The topological polar surface area (TPSA) is 23.6 Å². The van der Waals surface area contributed by atoms with E-state index in [0.717, 1.165) is 24.9 Å². The highest BCUT2D eigenvalue weighted by atomic mass is 35.5. The van der Waals surface area contributed by atoms with Crippen molar-refractivity contribution in [3.63, 3.8) is 0 Å². The van der Waals surface area contributed by atoms with Gasteiger partial charge in [0.05, 0.1) is 11.1 Å². The molecule has 0 radical (unpaired) electrons. The van der Waals surface area contributed by atoms with Gasteiger partial charge in [0.1, 0.15) is 12.0 Å². The van der Waals surface area contributed by atoms with Crippen LogP contribution in [0.1, 0.15) is 24.8 Å². The molecule has 3 nitrogen and oxygen atoms in total. The molecule has 120 valence electrons. The van der Waals surface area contributed by atoms with Crippen molar-refractivity contribution < 1.29 is 13.6 Å². The zero-order chi connectivity index (χ0) is 15.7. The maximum absolute atomic E-state index is 13.5. The van der Waals surface area contributed by atoms with Crippen molar-refractivity contribution in [3.05, 3.63) is 34.6 Å². The smallest absolute Gasteiger partial charge is 0.240 e. The van der Waals surface area contributed by atoms with E-state index in [4.69, 9.17) is 11.6 Å². The van der Waals surface area contributed by atoms with Crippen LogP contribution < -0.4 is 0 Å². The molecule has 0 aromatic heterocycles. The summed E-state index contributed by atoms with van der Waals surface area (Å²) in [5.74, 6) is -0.423. The maximum Gasteiger partial charge on any atom is 0.240 e. The van der Waals surface area contributed by atoms with Crippen molar-refractivity contribution in [2.75, 3.05) is 19.6 Å². The molecule has 0 bridgehead atoms. The van der Waals surface area contributed by atoms with Crippen molar-refractivity contribution >= 4 is 17.5 Å². The van der Waals surface area contributed by atoms with Crippen LogP contribution in [0, 0.1) is 5.82 Å². The van der Waals surface area contributed by atoms with E-state index in [1.165, 1.54) is 6.07 Å². The third-order valence-corrected chi connectivity index (χ3v) is 4.75. The summed E-state index contributed by atoms with van der Waals surface area (Å²) >= 11 is 5.77. The number of halogens is 3. The summed E-state index contributed by atoms with van der Waals surface area (Å²) in [5.41, 5.74) is 0.808. The summed E-state index contributed by atoms with van der Waals surface area (Å²) < 4.78 is 26.7. The van der Waals surface area contributed by atoms with Gasteiger partial charge in [-0.1, -0.05) is 17.7 Å². The van der Waals surface area contributed by atoms with Crippen molar-refractivity contribution in [2.45, 2.75) is 38.0 Å². The van der Waals surface area contributed by atoms with Gasteiger partial charge in [0.25, 0.3) is 0 Å². The van der Waals surface area contributed by atoms with E-state index in [9.17, 15) is 13.6 Å². The number of benzene rings is 1. The van der Waals surface area contributed by atoms with E-state index in [0.29, 0.717) is 26.1 Å². The zero-order valence-corrected chi connectivity index (χ0v) is 13.0. The summed E-state index contributed by atoms with van der Waals surface area (Å²) in [6.45, 7) is 2.20. The predicted molar refractivity (Wildman–Crippen MR) is 80.9 cm³/mol. The van der Waals surface area contributed by atoms with Crippen LogP contribution in [0.15, 0.2) is 18.2 Å². The third kappa shape index (κ3) is 3.25. The Morgan fingerprint density at radius 1 is 1.27 bits per heavy atom. The highest BCUT2D eigenvalue weighted by Crippen LogP contribution is 2.25. The Balaban J connectivity index is 1.64. The van der Waals surface area contributed by atoms with Crippen LogP contribution in [0.5, 0.6) is 0 Å². The number of piperidine rings is 1. The minimum Gasteiger partial charge on any atom is -0.337 e. The van der Waals surface area contributed by atoms with Crippen molar-refractivity contribution in [1.29, 1.82) is 0 Å². The molecular formula is C16H19ClF2N2O. The second kappa shape index (κ2) is 6.50. The molecule has 2 fully saturated rings. The summed E-state index contributed by atoms with van der Waals surface area (Å²) in [7, 11) is 0. The second-order valence-corrected chi connectivity index (χ2v) is 6.45. The fourth-order valence-electron chi connectivity index (χ4n) is 3.31. The number of likely N-dealkylation sites (tertiary alicyclic amines) is 2. The molecule has 0 aliphatic carbocycles. The molecule has 2 heterocycles. The van der Waals surface area contributed by atoms with E-state index >= 15 is 0 Å². The van der Waals surface area contributed by atoms with E-state index in [2.05, 4.69) is 0 Å². The average Bonchev–Trinajstić information content (AvgIpc) is 2.84. The lowest BCUT2D eigenvalue weighted by Crippen LogP contribution is -2.47. The second-order valence-electron chi connectivity index (χ2n) is 6.05. The number of carbonyl (C=O) groups is 1. The Morgan fingerprint density at radius 2 is 2.09 bits per heavy atom. The minimum absolute atomic E-state index is 0.0366. The Labute approximate surface area is 133 Å². The summed E-state index contributed by atoms with van der Waals surface area (Å²) in [6, 6.07) is 4.29. The maximum atomic E-state index is 13.5. The number of carbonyl (C=O) groups excluding carboxylic acids is 1. The molecule has 0 saturated carbocycles. The van der Waals surface area contributed by atoms with Crippen LogP contribution in [0.3, 0.4) is 0 Å². The Kier molecular flexibility index (Phi) is 4.64. The van der Waals surface area contributed by atoms with Gasteiger partial charge in [-0.3, -0.25) is 9.69 Å². The summed E-state index contributed by atoms with van der Waals surface area (Å²) in [4.78, 5) is 16.2. The van der Waals surface area contributed by atoms with Crippen LogP contribution in [-0.2, 0) is 11.3 Å². The first-order valence-electron chi connectivity index (χ1n) is 7.65. The van der Waals surface area contributed by atoms with E-state index in [-0.39, 0.29) is 17.0 Å². The molecule has 22 heavy (non-hydrogen) atoms. The predicted octanol–water partition coefficient (Wildman–Crippen LogP) is 3.01. The number of amides is 1. The van der Waals surface area contributed by atoms with Crippen LogP contribution in [-0.4, -0.2) is 47.6 Å². The van der Waals surface area contributed by atoms with Gasteiger partial charge in [0.15, 0.2) is 0 Å². The van der Waals surface area contributed by atoms with Gasteiger partial charge in [-0.15, -0.1) is 0 Å². The molecule has 1 amide bonds. The van der Waals surface area contributed by atoms with E-state index in [1.54, 1.807) is 17.0 Å². The molecule has 2 saturated heterocycles. The SMILES string of the molecule is O=C1C(N2CCCC(F)C2)CCN1Cc1ccc(F)c(Cl)c1. The van der Waals surface area contributed by atoms with Gasteiger partial charge in [-0.05, 0) is 43.5 Å². The lowest BCUT2D eigenvalue weighted by atomic mass is 10.1. The summed E-state index contributed by atoms with van der Waals surface area (Å²) in [6.07, 6.45) is 1.29. The third-order valence-electron chi connectivity index (χ3n) is 4.46. The first kappa shape index (κ1) is 15.7. The van der Waals surface area contributed by atoms with E-state index in [1.807, 2.05) is 4.90 Å². The molecule has 6 heteroatoms. The Bertz CT molecular complexity index is 569. The molecule has 2 aliphatic rings. The molecule has 2 aliphatic heterocycles. The van der Waals surface area contributed by atoms with Crippen LogP contribution in [0.2, 0.25) is 5.02 Å². The van der Waals surface area contributed by atoms with Crippen molar-refractivity contribution in [2.24, 2.45) is 0 Å². The van der Waals surface area contributed by atoms with E-state index < -0.39 is 12.0 Å². The number of alkyl halides is 1. The number of hydrogen-bond acceptors (Lipinski definition) is 2. The zero-order valence-electron chi connectivity index (χ0n) is 12.3. The number of rotatable bonds is 3. The Hall–Kier alpha value is -1.20. The molecule has 0 spiro atoms. The lowest BCUT2D eigenvalue weighted by molar-refractivity contribution is -0.133. The highest BCUT2D eigenvalue weighted by Gasteiger charge is 2.37. The van der Waals surface area contributed by atoms with Gasteiger partial charge in [0.2, 0.25) is 5.91 Å². The average molecular weight is 329 g/mol. The molecule has 0 N–H and O–H groups in total. The van der Waals surface area contributed by atoms with Gasteiger partial charge in [-0.2, -0.15) is 0 Å². The van der Waals surface area contributed by atoms with Crippen LogP contribution >= 0.6 is 11.6 Å². The van der Waals surface area contributed by atoms with Crippen LogP contribution in [0.25, 0.3) is 0 Å². The molecular weight excluding hydrogens is 310 g/mol. The first-order valence-corrected chi connectivity index (χ1v) is 8.03. The van der Waals surface area contributed by atoms with Gasteiger partial charge in [0, 0.05) is 19.6 Å². The monoisotopic (exact) mass is 328 g/mol. The van der Waals surface area contributed by atoms with Crippen molar-refractivity contribution in [1.82, 2.24) is 9.80 Å². The van der Waals surface area contributed by atoms with Crippen LogP contribution in [0.4, 0.5) is 8.78 Å². The Morgan fingerprint density at radius 3 is 2.82 bits per heavy atom. The lowest BCUT2D eigenvalue weighted by Gasteiger charge is -2.32. The highest BCUT2D eigenvalue weighted by molar-refractivity contribution is 6.30. The van der Waals surface area contributed by atoms with Gasteiger partial charge >= 0.3 is 0 Å². The molecule has 2 unspecified atom stereocenters. The summed E-state index contributed by atoms with van der Waals surface area (Å²) in [5, 5.41) is 0.0667. The number of hydrogen-bond donors (Lipinski definition) is 0. The molecule has 1 aromatic rings. The fraction of sp³-hybridized carbons (Fsp3) is 0.562.